The Labute approximate surface area is 162 Å². The van der Waals surface area contributed by atoms with E-state index in [-0.39, 0.29) is 11.2 Å². The lowest BCUT2D eigenvalue weighted by molar-refractivity contribution is 0.0818. The van der Waals surface area contributed by atoms with Crippen LogP contribution in [0.4, 0.5) is 13.2 Å². The summed E-state index contributed by atoms with van der Waals surface area (Å²) in [6.07, 6.45) is -0.298. The van der Waals surface area contributed by atoms with Gasteiger partial charge in [0.05, 0.1) is 0 Å². The third-order valence-corrected chi connectivity index (χ3v) is 5.33. The molecule has 1 saturated carbocycles. The molecule has 28 heavy (non-hydrogen) atoms. The zero-order valence-electron chi connectivity index (χ0n) is 15.4. The van der Waals surface area contributed by atoms with Gasteiger partial charge < -0.3 is 10.1 Å². The number of halogens is 3. The molecule has 0 saturated heterocycles. The van der Waals surface area contributed by atoms with Crippen molar-refractivity contribution < 1.29 is 17.9 Å². The topological polar surface area (TPSA) is 21.3 Å². The first-order valence-corrected chi connectivity index (χ1v) is 9.45. The van der Waals surface area contributed by atoms with Gasteiger partial charge in [-0.15, -0.1) is 0 Å². The molecule has 0 aliphatic heterocycles. The molecule has 0 aromatic heterocycles. The predicted molar refractivity (Wildman–Crippen MR) is 104 cm³/mol. The van der Waals surface area contributed by atoms with Gasteiger partial charge in [0.2, 0.25) is 0 Å². The van der Waals surface area contributed by atoms with Crippen molar-refractivity contribution in [3.05, 3.63) is 77.6 Å². The number of alkyl halides is 2. The fourth-order valence-electron chi connectivity index (χ4n) is 3.76. The average molecular weight is 385 g/mol. The van der Waals surface area contributed by atoms with E-state index in [1.165, 1.54) is 11.6 Å². The van der Waals surface area contributed by atoms with Crippen LogP contribution in [0.5, 0.6) is 5.75 Å². The summed E-state index contributed by atoms with van der Waals surface area (Å²) in [6, 6.07) is 18.2. The number of rotatable bonds is 8. The van der Waals surface area contributed by atoms with E-state index in [0.717, 1.165) is 35.7 Å². The van der Waals surface area contributed by atoms with E-state index in [1.54, 1.807) is 18.2 Å². The van der Waals surface area contributed by atoms with Gasteiger partial charge in [-0.2, -0.15) is 0 Å². The largest absolute Gasteiger partial charge is 0.488 e. The number of benzene rings is 3. The maximum Gasteiger partial charge on any atom is 0.272 e. The smallest absolute Gasteiger partial charge is 0.272 e. The van der Waals surface area contributed by atoms with Crippen LogP contribution in [0.25, 0.3) is 10.8 Å². The van der Waals surface area contributed by atoms with E-state index in [9.17, 15) is 13.2 Å². The van der Waals surface area contributed by atoms with Crippen molar-refractivity contribution in [2.75, 3.05) is 13.2 Å². The molecule has 4 rings (SSSR count). The van der Waals surface area contributed by atoms with Crippen molar-refractivity contribution in [1.82, 2.24) is 5.32 Å². The fraction of sp³-hybridized carbons (Fsp3) is 0.304. The van der Waals surface area contributed by atoms with Crippen molar-refractivity contribution in [3.63, 3.8) is 0 Å². The van der Waals surface area contributed by atoms with E-state index >= 15 is 0 Å². The molecule has 1 aliphatic carbocycles. The Hall–Kier alpha value is -2.53. The van der Waals surface area contributed by atoms with Crippen LogP contribution in [0.3, 0.4) is 0 Å². The maximum atomic E-state index is 13.5. The van der Waals surface area contributed by atoms with Gasteiger partial charge in [-0.05, 0) is 59.0 Å². The summed E-state index contributed by atoms with van der Waals surface area (Å²) >= 11 is 0. The minimum atomic E-state index is -2.48. The number of nitrogens with one attached hydrogen (secondary N) is 1. The van der Waals surface area contributed by atoms with Crippen LogP contribution in [0.2, 0.25) is 0 Å². The predicted octanol–water partition coefficient (Wildman–Crippen LogP) is 5.44. The lowest BCUT2D eigenvalue weighted by Gasteiger charge is -2.19. The van der Waals surface area contributed by atoms with Crippen molar-refractivity contribution in [2.24, 2.45) is 0 Å². The summed E-state index contributed by atoms with van der Waals surface area (Å²) in [5.41, 5.74) is 2.32. The fourth-order valence-corrected chi connectivity index (χ4v) is 3.76. The van der Waals surface area contributed by atoms with Crippen molar-refractivity contribution in [3.8, 4) is 5.75 Å². The molecule has 1 N–H and O–H groups in total. The second kappa shape index (κ2) is 7.84. The highest BCUT2D eigenvalue weighted by molar-refractivity contribution is 5.87. The Kier molecular flexibility index (Phi) is 5.27. The highest BCUT2D eigenvalue weighted by Crippen LogP contribution is 2.49. The van der Waals surface area contributed by atoms with E-state index in [4.69, 9.17) is 4.74 Å². The molecule has 0 radical (unpaired) electrons. The second-order valence-electron chi connectivity index (χ2n) is 7.40. The highest BCUT2D eigenvalue weighted by Gasteiger charge is 2.44. The van der Waals surface area contributed by atoms with Gasteiger partial charge in [0.25, 0.3) is 6.43 Å². The third kappa shape index (κ3) is 4.14. The molecule has 0 unspecified atom stereocenters. The van der Waals surface area contributed by atoms with Crippen molar-refractivity contribution in [1.29, 1.82) is 0 Å². The Bertz CT molecular complexity index is 969. The van der Waals surface area contributed by atoms with Gasteiger partial charge >= 0.3 is 0 Å². The van der Waals surface area contributed by atoms with Crippen LogP contribution in [-0.2, 0) is 12.0 Å². The minimum absolute atomic E-state index is 0.0706. The Morgan fingerprint density at radius 3 is 2.61 bits per heavy atom. The average Bonchev–Trinajstić information content (AvgIpc) is 3.47. The highest BCUT2D eigenvalue weighted by atomic mass is 19.3. The van der Waals surface area contributed by atoms with Gasteiger partial charge in [0, 0.05) is 18.5 Å². The Morgan fingerprint density at radius 2 is 1.82 bits per heavy atom. The summed E-state index contributed by atoms with van der Waals surface area (Å²) in [4.78, 5) is 0. The van der Waals surface area contributed by atoms with Gasteiger partial charge in [-0.25, -0.2) is 13.2 Å². The molecule has 0 heterocycles. The second-order valence-corrected chi connectivity index (χ2v) is 7.40. The normalized spacial score (nSPS) is 15.1. The Balaban J connectivity index is 1.43. The number of hydrogen-bond donors (Lipinski definition) is 1. The van der Waals surface area contributed by atoms with E-state index in [1.807, 2.05) is 30.3 Å². The zero-order valence-corrected chi connectivity index (χ0v) is 15.4. The minimum Gasteiger partial charge on any atom is -0.488 e. The lowest BCUT2D eigenvalue weighted by Crippen LogP contribution is -2.26. The molecule has 0 amide bonds. The third-order valence-electron chi connectivity index (χ3n) is 5.33. The molecule has 1 aliphatic rings. The monoisotopic (exact) mass is 385 g/mol. The molecule has 2 nitrogen and oxygen atoms in total. The molecule has 1 fully saturated rings. The Morgan fingerprint density at radius 1 is 1.00 bits per heavy atom. The number of fused-ring (bicyclic) bond motifs is 1. The number of ether oxygens (including phenoxy) is 1. The molecular formula is C23H22F3NO. The van der Waals surface area contributed by atoms with Gasteiger partial charge in [-0.3, -0.25) is 0 Å². The summed E-state index contributed by atoms with van der Waals surface area (Å²) in [6.45, 7) is 0.848. The van der Waals surface area contributed by atoms with Crippen LogP contribution < -0.4 is 10.1 Å². The van der Waals surface area contributed by atoms with Crippen molar-refractivity contribution >= 4 is 10.8 Å². The van der Waals surface area contributed by atoms with Gasteiger partial charge in [0.1, 0.15) is 18.2 Å². The number of hydrogen-bond acceptors (Lipinski definition) is 2. The molecule has 0 bridgehead atoms. The molecule has 3 aromatic rings. The summed E-state index contributed by atoms with van der Waals surface area (Å²) in [7, 11) is 0. The zero-order chi connectivity index (χ0) is 19.6. The first-order chi connectivity index (χ1) is 13.6. The quantitative estimate of drug-likeness (QED) is 0.557. The SMILES string of the molecule is Fc1ccc2c(C3(CNCc4cccc(OCC(F)F)c4)CC3)cccc2c1. The standard InChI is InChI=1S/C23H22F3NO/c24-18-7-8-20-17(12-18)4-2-6-21(20)23(9-10-23)15-27-13-16-3-1-5-19(11-16)28-14-22(25)26/h1-8,11-12,22,27H,9-10,13-15H2. The van der Waals surface area contributed by atoms with Crippen LogP contribution >= 0.6 is 0 Å². The van der Waals surface area contributed by atoms with E-state index in [0.29, 0.717) is 12.3 Å². The van der Waals surface area contributed by atoms with Crippen LogP contribution in [0, 0.1) is 5.82 Å². The molecule has 146 valence electrons. The van der Waals surface area contributed by atoms with Crippen LogP contribution in [0.15, 0.2) is 60.7 Å². The molecule has 0 atom stereocenters. The molecular weight excluding hydrogens is 363 g/mol. The summed E-state index contributed by atoms with van der Waals surface area (Å²) in [5.74, 6) is 0.235. The first-order valence-electron chi connectivity index (χ1n) is 9.45. The molecule has 0 spiro atoms. The maximum absolute atomic E-state index is 13.5. The summed E-state index contributed by atoms with van der Waals surface area (Å²) < 4.78 is 43.2. The summed E-state index contributed by atoms with van der Waals surface area (Å²) in [5, 5.41) is 5.52. The lowest BCUT2D eigenvalue weighted by atomic mass is 9.90. The van der Waals surface area contributed by atoms with Gasteiger partial charge in [0.15, 0.2) is 0 Å². The van der Waals surface area contributed by atoms with Crippen molar-refractivity contribution in [2.45, 2.75) is 31.2 Å². The van der Waals surface area contributed by atoms with E-state index in [2.05, 4.69) is 11.4 Å². The van der Waals surface area contributed by atoms with Crippen LogP contribution in [-0.4, -0.2) is 19.6 Å². The first kappa shape index (κ1) is 18.8. The molecule has 5 heteroatoms. The van der Waals surface area contributed by atoms with Gasteiger partial charge in [-0.1, -0.05) is 36.4 Å². The van der Waals surface area contributed by atoms with Crippen LogP contribution in [0.1, 0.15) is 24.0 Å². The molecule has 3 aromatic carbocycles. The van der Waals surface area contributed by atoms with E-state index < -0.39 is 13.0 Å².